The van der Waals surface area contributed by atoms with Gasteiger partial charge in [-0.05, 0) is 51.5 Å². The van der Waals surface area contributed by atoms with Gasteiger partial charge >= 0.3 is 12.1 Å². The molecule has 6 heteroatoms. The fourth-order valence-electron chi connectivity index (χ4n) is 4.11. The lowest BCUT2D eigenvalue weighted by molar-refractivity contribution is -0.145. The van der Waals surface area contributed by atoms with E-state index >= 15 is 0 Å². The van der Waals surface area contributed by atoms with Gasteiger partial charge in [-0.25, -0.2) is 4.79 Å². The molecule has 158 valence electrons. The average Bonchev–Trinajstić information content (AvgIpc) is 3.02. The number of carbonyl (C=O) groups is 3. The fourth-order valence-corrected chi connectivity index (χ4v) is 4.11. The lowest BCUT2D eigenvalue weighted by Gasteiger charge is -2.33. The van der Waals surface area contributed by atoms with Gasteiger partial charge in [-0.3, -0.25) is 9.59 Å². The number of esters is 1. The molecule has 6 nitrogen and oxygen atoms in total. The number of amides is 1. The topological polar surface area (TPSA) is 72.9 Å². The van der Waals surface area contributed by atoms with Gasteiger partial charge < -0.3 is 14.4 Å². The molecule has 2 aliphatic heterocycles. The molecule has 0 radical (unpaired) electrons. The minimum Gasteiger partial charge on any atom is -0.465 e. The van der Waals surface area contributed by atoms with Crippen LogP contribution >= 0.6 is 0 Å². The molecule has 1 unspecified atom stereocenters. The van der Waals surface area contributed by atoms with Crippen LogP contribution in [0.2, 0.25) is 0 Å². The van der Waals surface area contributed by atoms with Crippen molar-refractivity contribution in [1.29, 1.82) is 0 Å². The standard InChI is InChI=1S/C23H31NO5/c1-23(2,3)29-22(27)24-11-9-17(10-12-24)14-19(25)20-18(15-28-21(20)26)13-16-7-5-4-6-8-16/h4-8,17-18,20H,9-15H2,1-3H3/t18-,20?/m0/s1. The summed E-state index contributed by atoms with van der Waals surface area (Å²) < 4.78 is 10.6. The molecule has 0 bridgehead atoms. The van der Waals surface area contributed by atoms with E-state index in [-0.39, 0.29) is 29.7 Å². The van der Waals surface area contributed by atoms with Crippen LogP contribution in [0.4, 0.5) is 4.79 Å². The zero-order valence-corrected chi connectivity index (χ0v) is 17.6. The highest BCUT2D eigenvalue weighted by Gasteiger charge is 2.42. The van der Waals surface area contributed by atoms with Crippen LogP contribution in [0.5, 0.6) is 0 Å². The molecule has 2 aliphatic rings. The first-order valence-corrected chi connectivity index (χ1v) is 10.4. The number of rotatable bonds is 5. The van der Waals surface area contributed by atoms with E-state index in [1.54, 1.807) is 4.90 Å². The third-order valence-corrected chi connectivity index (χ3v) is 5.61. The Morgan fingerprint density at radius 1 is 1.14 bits per heavy atom. The maximum Gasteiger partial charge on any atom is 0.410 e. The summed E-state index contributed by atoms with van der Waals surface area (Å²) in [5.41, 5.74) is 0.597. The third-order valence-electron chi connectivity index (χ3n) is 5.61. The molecule has 1 amide bonds. The van der Waals surface area contributed by atoms with Crippen LogP contribution in [0.15, 0.2) is 30.3 Å². The molecule has 3 rings (SSSR count). The van der Waals surface area contributed by atoms with Crippen LogP contribution < -0.4 is 0 Å². The van der Waals surface area contributed by atoms with Crippen LogP contribution in [0.3, 0.4) is 0 Å². The normalized spacial score (nSPS) is 23.0. The number of hydrogen-bond donors (Lipinski definition) is 0. The molecule has 0 aromatic heterocycles. The van der Waals surface area contributed by atoms with E-state index in [0.717, 1.165) is 18.4 Å². The SMILES string of the molecule is CC(C)(C)OC(=O)N1CCC(CC(=O)C2C(=O)OC[C@@H]2Cc2ccccc2)CC1. The summed E-state index contributed by atoms with van der Waals surface area (Å²) in [6.07, 6.45) is 2.23. The predicted molar refractivity (Wildman–Crippen MR) is 108 cm³/mol. The van der Waals surface area contributed by atoms with Gasteiger partial charge in [-0.15, -0.1) is 0 Å². The van der Waals surface area contributed by atoms with E-state index in [0.29, 0.717) is 32.5 Å². The van der Waals surface area contributed by atoms with E-state index in [1.807, 2.05) is 51.1 Å². The fraction of sp³-hybridized carbons (Fsp3) is 0.609. The Morgan fingerprint density at radius 3 is 2.41 bits per heavy atom. The first-order valence-electron chi connectivity index (χ1n) is 10.4. The number of Topliss-reactive ketones (excluding diaryl/α,β-unsaturated/α-hetero) is 1. The molecule has 2 atom stereocenters. The largest absolute Gasteiger partial charge is 0.465 e. The molecular weight excluding hydrogens is 370 g/mol. The molecule has 0 saturated carbocycles. The molecule has 1 aromatic carbocycles. The predicted octanol–water partition coefficient (Wildman–Crippen LogP) is 3.62. The number of likely N-dealkylation sites (tertiary alicyclic amines) is 1. The van der Waals surface area contributed by atoms with Crippen molar-refractivity contribution >= 4 is 17.8 Å². The average molecular weight is 402 g/mol. The second-order valence-electron chi connectivity index (χ2n) is 9.14. The van der Waals surface area contributed by atoms with Gasteiger partial charge in [0.2, 0.25) is 0 Å². The highest BCUT2D eigenvalue weighted by atomic mass is 16.6. The smallest absolute Gasteiger partial charge is 0.410 e. The summed E-state index contributed by atoms with van der Waals surface area (Å²) in [6, 6.07) is 9.89. The number of ketones is 1. The number of nitrogens with zero attached hydrogens (tertiary/aromatic N) is 1. The third kappa shape index (κ3) is 5.81. The monoisotopic (exact) mass is 401 g/mol. The van der Waals surface area contributed by atoms with Gasteiger partial charge in [-0.2, -0.15) is 0 Å². The Hall–Kier alpha value is -2.37. The maximum absolute atomic E-state index is 12.9. The van der Waals surface area contributed by atoms with E-state index < -0.39 is 11.5 Å². The first-order chi connectivity index (χ1) is 13.7. The number of piperidine rings is 1. The van der Waals surface area contributed by atoms with Crippen LogP contribution in [0.25, 0.3) is 0 Å². The molecule has 0 aliphatic carbocycles. The van der Waals surface area contributed by atoms with Crippen molar-refractivity contribution in [2.45, 2.75) is 52.1 Å². The molecule has 0 N–H and O–H groups in total. The molecule has 2 heterocycles. The van der Waals surface area contributed by atoms with Crippen LogP contribution in [0.1, 0.15) is 45.6 Å². The van der Waals surface area contributed by atoms with Crippen molar-refractivity contribution in [1.82, 2.24) is 4.90 Å². The summed E-state index contributed by atoms with van der Waals surface area (Å²) in [5, 5.41) is 0. The highest BCUT2D eigenvalue weighted by Crippen LogP contribution is 2.31. The number of carbonyl (C=O) groups excluding carboxylic acids is 3. The van der Waals surface area contributed by atoms with Crippen LogP contribution in [0, 0.1) is 17.8 Å². The molecule has 1 aromatic rings. The maximum atomic E-state index is 12.9. The zero-order chi connectivity index (χ0) is 21.0. The molecule has 2 fully saturated rings. The number of ether oxygens (including phenoxy) is 2. The molecule has 2 saturated heterocycles. The van der Waals surface area contributed by atoms with Crippen molar-refractivity contribution in [2.75, 3.05) is 19.7 Å². The second-order valence-corrected chi connectivity index (χ2v) is 9.14. The van der Waals surface area contributed by atoms with Crippen LogP contribution in [-0.2, 0) is 25.5 Å². The first kappa shape index (κ1) is 21.3. The van der Waals surface area contributed by atoms with Gasteiger partial charge in [0.1, 0.15) is 17.3 Å². The van der Waals surface area contributed by atoms with E-state index in [2.05, 4.69) is 0 Å². The molecule has 29 heavy (non-hydrogen) atoms. The van der Waals surface area contributed by atoms with Gasteiger partial charge in [0.05, 0.1) is 6.61 Å². The van der Waals surface area contributed by atoms with Crippen molar-refractivity contribution in [2.24, 2.45) is 17.8 Å². The summed E-state index contributed by atoms with van der Waals surface area (Å²) in [7, 11) is 0. The van der Waals surface area contributed by atoms with Gasteiger partial charge in [0.25, 0.3) is 0 Å². The Labute approximate surface area is 172 Å². The Bertz CT molecular complexity index is 731. The van der Waals surface area contributed by atoms with E-state index in [1.165, 1.54) is 0 Å². The number of cyclic esters (lactones) is 1. The summed E-state index contributed by atoms with van der Waals surface area (Å²) in [5.74, 6) is -0.989. The summed E-state index contributed by atoms with van der Waals surface area (Å²) in [4.78, 5) is 39.0. The lowest BCUT2D eigenvalue weighted by atomic mass is 9.81. The number of hydrogen-bond acceptors (Lipinski definition) is 5. The number of benzene rings is 1. The summed E-state index contributed by atoms with van der Waals surface area (Å²) in [6.45, 7) is 7.01. The Balaban J connectivity index is 1.52. The van der Waals surface area contributed by atoms with E-state index in [4.69, 9.17) is 9.47 Å². The van der Waals surface area contributed by atoms with Crippen LogP contribution in [-0.4, -0.2) is 48.0 Å². The van der Waals surface area contributed by atoms with Crippen molar-refractivity contribution in [3.63, 3.8) is 0 Å². The zero-order valence-electron chi connectivity index (χ0n) is 17.6. The molecule has 0 spiro atoms. The quantitative estimate of drug-likeness (QED) is 0.556. The Morgan fingerprint density at radius 2 is 1.79 bits per heavy atom. The second kappa shape index (κ2) is 8.97. The lowest BCUT2D eigenvalue weighted by Crippen LogP contribution is -2.42. The highest BCUT2D eigenvalue weighted by molar-refractivity contribution is 6.00. The van der Waals surface area contributed by atoms with Crippen molar-refractivity contribution in [3.05, 3.63) is 35.9 Å². The van der Waals surface area contributed by atoms with Crippen molar-refractivity contribution < 1.29 is 23.9 Å². The summed E-state index contributed by atoms with van der Waals surface area (Å²) >= 11 is 0. The van der Waals surface area contributed by atoms with Crippen molar-refractivity contribution in [3.8, 4) is 0 Å². The molecular formula is C23H31NO5. The minimum atomic E-state index is -0.668. The van der Waals surface area contributed by atoms with Gasteiger partial charge in [0.15, 0.2) is 0 Å². The van der Waals surface area contributed by atoms with Gasteiger partial charge in [-0.1, -0.05) is 30.3 Å². The van der Waals surface area contributed by atoms with Gasteiger partial charge in [0, 0.05) is 25.4 Å². The Kier molecular flexibility index (Phi) is 6.60. The van der Waals surface area contributed by atoms with E-state index in [9.17, 15) is 14.4 Å². The minimum absolute atomic E-state index is 0.0239.